The first-order valence-electron chi connectivity index (χ1n) is 5.46. The molecular formula is C12H12N2O4. The van der Waals surface area contributed by atoms with Gasteiger partial charge in [-0.25, -0.2) is 0 Å². The van der Waals surface area contributed by atoms with Crippen molar-refractivity contribution in [3.63, 3.8) is 0 Å². The summed E-state index contributed by atoms with van der Waals surface area (Å²) in [4.78, 5) is 33.7. The predicted octanol–water partition coefficient (Wildman–Crippen LogP) is 0.313. The quantitative estimate of drug-likeness (QED) is 0.717. The summed E-state index contributed by atoms with van der Waals surface area (Å²) in [5.41, 5.74) is 1.31. The molecule has 6 heteroatoms. The van der Waals surface area contributed by atoms with Crippen molar-refractivity contribution in [2.75, 3.05) is 11.9 Å². The fourth-order valence-electron chi connectivity index (χ4n) is 1.93. The number of nitrogens with one attached hydrogen (secondary N) is 2. The first-order chi connectivity index (χ1) is 8.58. The zero-order chi connectivity index (χ0) is 13.1. The van der Waals surface area contributed by atoms with E-state index in [0.29, 0.717) is 11.3 Å². The lowest BCUT2D eigenvalue weighted by Gasteiger charge is -2.24. The van der Waals surface area contributed by atoms with Gasteiger partial charge in [0, 0.05) is 12.1 Å². The van der Waals surface area contributed by atoms with Gasteiger partial charge >= 0.3 is 5.97 Å². The summed E-state index contributed by atoms with van der Waals surface area (Å²) in [5.74, 6) is -2.44. The van der Waals surface area contributed by atoms with E-state index in [-0.39, 0.29) is 12.3 Å². The molecule has 0 fully saturated rings. The van der Waals surface area contributed by atoms with Crippen LogP contribution in [0.3, 0.4) is 0 Å². The Labute approximate surface area is 103 Å². The van der Waals surface area contributed by atoms with E-state index in [2.05, 4.69) is 10.6 Å². The summed E-state index contributed by atoms with van der Waals surface area (Å²) >= 11 is 0. The van der Waals surface area contributed by atoms with Crippen LogP contribution in [0.1, 0.15) is 17.9 Å². The molecule has 94 valence electrons. The van der Waals surface area contributed by atoms with Gasteiger partial charge < -0.3 is 15.7 Å². The van der Waals surface area contributed by atoms with Crippen LogP contribution in [0.5, 0.6) is 0 Å². The molecule has 0 radical (unpaired) electrons. The average Bonchev–Trinajstić information content (AvgIpc) is 2.34. The van der Waals surface area contributed by atoms with E-state index in [1.807, 2.05) is 0 Å². The second-order valence-electron chi connectivity index (χ2n) is 4.00. The predicted molar refractivity (Wildman–Crippen MR) is 63.1 cm³/mol. The zero-order valence-corrected chi connectivity index (χ0v) is 9.47. The largest absolute Gasteiger partial charge is 0.480 e. The Bertz CT molecular complexity index is 513. The number of carboxylic acids is 1. The first kappa shape index (κ1) is 12.1. The summed E-state index contributed by atoms with van der Waals surface area (Å²) in [6.07, 6.45) is 0.0302. The van der Waals surface area contributed by atoms with E-state index in [0.717, 1.165) is 0 Å². The van der Waals surface area contributed by atoms with Crippen LogP contribution < -0.4 is 10.6 Å². The van der Waals surface area contributed by atoms with Crippen molar-refractivity contribution in [3.05, 3.63) is 29.8 Å². The van der Waals surface area contributed by atoms with Crippen molar-refractivity contribution in [1.29, 1.82) is 0 Å². The van der Waals surface area contributed by atoms with Crippen LogP contribution in [0.2, 0.25) is 0 Å². The van der Waals surface area contributed by atoms with E-state index in [9.17, 15) is 14.4 Å². The van der Waals surface area contributed by atoms with Crippen LogP contribution in [0.4, 0.5) is 5.69 Å². The van der Waals surface area contributed by atoms with Crippen LogP contribution in [-0.2, 0) is 14.4 Å². The normalized spacial score (nSPS) is 17.6. The summed E-state index contributed by atoms with van der Waals surface area (Å²) < 4.78 is 0. The summed E-state index contributed by atoms with van der Waals surface area (Å²) in [6.45, 7) is -0.445. The Hall–Kier alpha value is -2.37. The van der Waals surface area contributed by atoms with E-state index in [4.69, 9.17) is 5.11 Å². The Morgan fingerprint density at radius 2 is 2.11 bits per heavy atom. The van der Waals surface area contributed by atoms with E-state index in [1.165, 1.54) is 0 Å². The lowest BCUT2D eigenvalue weighted by atomic mass is 9.90. The monoisotopic (exact) mass is 248 g/mol. The molecule has 2 rings (SSSR count). The summed E-state index contributed by atoms with van der Waals surface area (Å²) in [6, 6.07) is 6.99. The Morgan fingerprint density at radius 3 is 2.83 bits per heavy atom. The molecule has 0 saturated carbocycles. The number of amides is 2. The van der Waals surface area contributed by atoms with Gasteiger partial charge in [0.15, 0.2) is 0 Å². The molecule has 1 aromatic rings. The minimum absolute atomic E-state index is 0.0302. The SMILES string of the molecule is O=C(O)CNC(=O)C1CC(=O)Nc2ccccc21. The average molecular weight is 248 g/mol. The van der Waals surface area contributed by atoms with Crippen molar-refractivity contribution in [2.45, 2.75) is 12.3 Å². The van der Waals surface area contributed by atoms with Gasteiger partial charge in [0.1, 0.15) is 6.54 Å². The van der Waals surface area contributed by atoms with Gasteiger partial charge in [-0.3, -0.25) is 14.4 Å². The van der Waals surface area contributed by atoms with E-state index < -0.39 is 24.3 Å². The molecule has 1 unspecified atom stereocenters. The number of para-hydroxylation sites is 1. The van der Waals surface area contributed by atoms with Crippen LogP contribution in [-0.4, -0.2) is 29.4 Å². The third kappa shape index (κ3) is 2.48. The minimum Gasteiger partial charge on any atom is -0.480 e. The lowest BCUT2D eigenvalue weighted by molar-refractivity contribution is -0.138. The molecule has 3 N–H and O–H groups in total. The zero-order valence-electron chi connectivity index (χ0n) is 9.47. The molecule has 0 spiro atoms. The number of hydrogen-bond donors (Lipinski definition) is 3. The maximum absolute atomic E-state index is 11.9. The van der Waals surface area contributed by atoms with Gasteiger partial charge in [0.25, 0.3) is 0 Å². The van der Waals surface area contributed by atoms with Gasteiger partial charge in [-0.1, -0.05) is 18.2 Å². The molecule has 0 saturated heterocycles. The van der Waals surface area contributed by atoms with Crippen LogP contribution in [0.25, 0.3) is 0 Å². The molecular weight excluding hydrogens is 236 g/mol. The lowest BCUT2D eigenvalue weighted by Crippen LogP contribution is -2.37. The highest BCUT2D eigenvalue weighted by molar-refractivity contribution is 6.01. The Balaban J connectivity index is 2.20. The summed E-state index contributed by atoms with van der Waals surface area (Å²) in [5, 5.41) is 13.5. The maximum atomic E-state index is 11.9. The fraction of sp³-hybridized carbons (Fsp3) is 0.250. The molecule has 1 aliphatic heterocycles. The maximum Gasteiger partial charge on any atom is 0.322 e. The van der Waals surface area contributed by atoms with Crippen LogP contribution >= 0.6 is 0 Å². The molecule has 1 heterocycles. The number of anilines is 1. The van der Waals surface area contributed by atoms with Gasteiger partial charge in [-0.15, -0.1) is 0 Å². The van der Waals surface area contributed by atoms with Gasteiger partial charge in [0.2, 0.25) is 11.8 Å². The van der Waals surface area contributed by atoms with Crippen molar-refractivity contribution < 1.29 is 19.5 Å². The number of aliphatic carboxylic acids is 1. The molecule has 6 nitrogen and oxygen atoms in total. The molecule has 1 aromatic carbocycles. The van der Waals surface area contributed by atoms with Crippen LogP contribution in [0, 0.1) is 0 Å². The van der Waals surface area contributed by atoms with E-state index in [1.54, 1.807) is 24.3 Å². The van der Waals surface area contributed by atoms with Crippen molar-refractivity contribution >= 4 is 23.5 Å². The number of benzene rings is 1. The first-order valence-corrected chi connectivity index (χ1v) is 5.46. The number of carboxylic acid groups (broad SMARTS) is 1. The van der Waals surface area contributed by atoms with Gasteiger partial charge in [-0.05, 0) is 11.6 Å². The number of fused-ring (bicyclic) bond motifs is 1. The van der Waals surface area contributed by atoms with E-state index >= 15 is 0 Å². The van der Waals surface area contributed by atoms with Gasteiger partial charge in [-0.2, -0.15) is 0 Å². The number of carbonyl (C=O) groups is 3. The molecule has 18 heavy (non-hydrogen) atoms. The minimum atomic E-state index is -1.11. The molecule has 1 atom stereocenters. The third-order valence-electron chi connectivity index (χ3n) is 2.73. The Morgan fingerprint density at radius 1 is 1.39 bits per heavy atom. The molecule has 1 aliphatic rings. The molecule has 0 bridgehead atoms. The highest BCUT2D eigenvalue weighted by Crippen LogP contribution is 2.31. The van der Waals surface area contributed by atoms with Crippen molar-refractivity contribution in [2.24, 2.45) is 0 Å². The smallest absolute Gasteiger partial charge is 0.322 e. The van der Waals surface area contributed by atoms with Gasteiger partial charge in [0.05, 0.1) is 5.92 Å². The number of rotatable bonds is 3. The highest BCUT2D eigenvalue weighted by atomic mass is 16.4. The second-order valence-corrected chi connectivity index (χ2v) is 4.00. The third-order valence-corrected chi connectivity index (χ3v) is 2.73. The standard InChI is InChI=1S/C12H12N2O4/c15-10-5-8(12(18)13-6-11(16)17)7-3-1-2-4-9(7)14-10/h1-4,8H,5-6H2,(H,13,18)(H,14,15)(H,16,17). The molecule has 0 aromatic heterocycles. The van der Waals surface area contributed by atoms with Crippen molar-refractivity contribution in [1.82, 2.24) is 5.32 Å². The van der Waals surface area contributed by atoms with Crippen LogP contribution in [0.15, 0.2) is 24.3 Å². The van der Waals surface area contributed by atoms with Crippen molar-refractivity contribution in [3.8, 4) is 0 Å². The topological polar surface area (TPSA) is 95.5 Å². The fourth-order valence-corrected chi connectivity index (χ4v) is 1.93. The second kappa shape index (κ2) is 4.87. The molecule has 2 amide bonds. The summed E-state index contributed by atoms with van der Waals surface area (Å²) in [7, 11) is 0. The molecule has 0 aliphatic carbocycles. The highest BCUT2D eigenvalue weighted by Gasteiger charge is 2.30. The number of carbonyl (C=O) groups excluding carboxylic acids is 2. The number of hydrogen-bond acceptors (Lipinski definition) is 3. The Kier molecular flexibility index (Phi) is 3.27.